The monoisotopic (exact) mass is 335 g/mol. The Kier molecular flexibility index (Phi) is 6.18. The van der Waals surface area contributed by atoms with Crippen molar-refractivity contribution in [1.29, 1.82) is 0 Å². The van der Waals surface area contributed by atoms with E-state index in [-0.39, 0.29) is 12.5 Å². The Morgan fingerprint density at radius 3 is 2.91 bits per heavy atom. The molecule has 6 heteroatoms. The number of carbonyl (C=O) groups excluding carboxylic acids is 2. The minimum absolute atomic E-state index is 0.312. The Bertz CT molecular complexity index is 668. The zero-order valence-electron chi connectivity index (χ0n) is 11.6. The van der Waals surface area contributed by atoms with Gasteiger partial charge in [-0.25, -0.2) is 4.79 Å². The van der Waals surface area contributed by atoms with Crippen molar-refractivity contribution in [1.82, 2.24) is 5.32 Å². The molecule has 0 fully saturated rings. The van der Waals surface area contributed by atoms with Crippen LogP contribution in [0.4, 0.5) is 0 Å². The van der Waals surface area contributed by atoms with Gasteiger partial charge in [-0.2, -0.15) is 11.3 Å². The van der Waals surface area contributed by atoms with Gasteiger partial charge in [0.05, 0.1) is 0 Å². The van der Waals surface area contributed by atoms with Gasteiger partial charge in [0.25, 0.3) is 5.91 Å². The Labute approximate surface area is 137 Å². The fraction of sp³-hybridized carbons (Fsp3) is 0.125. The van der Waals surface area contributed by atoms with Gasteiger partial charge in [-0.1, -0.05) is 23.7 Å². The number of ether oxygens (including phenoxy) is 1. The van der Waals surface area contributed by atoms with Crippen LogP contribution in [-0.2, 0) is 20.9 Å². The Balaban J connectivity index is 1.70. The van der Waals surface area contributed by atoms with Gasteiger partial charge in [-0.05, 0) is 46.2 Å². The molecule has 1 N–H and O–H groups in total. The molecule has 0 atom stereocenters. The highest BCUT2D eigenvalue weighted by Gasteiger charge is 2.05. The lowest BCUT2D eigenvalue weighted by Crippen LogP contribution is -2.28. The maximum atomic E-state index is 11.6. The van der Waals surface area contributed by atoms with Crippen molar-refractivity contribution in [2.24, 2.45) is 0 Å². The lowest BCUT2D eigenvalue weighted by atomic mass is 10.2. The van der Waals surface area contributed by atoms with E-state index >= 15 is 0 Å². The van der Waals surface area contributed by atoms with E-state index in [1.807, 2.05) is 22.9 Å². The average molecular weight is 336 g/mol. The molecule has 0 aliphatic heterocycles. The summed E-state index contributed by atoms with van der Waals surface area (Å²) >= 11 is 7.39. The highest BCUT2D eigenvalue weighted by molar-refractivity contribution is 7.08. The van der Waals surface area contributed by atoms with Crippen LogP contribution in [0.3, 0.4) is 0 Å². The van der Waals surface area contributed by atoms with Crippen LogP contribution < -0.4 is 5.32 Å². The van der Waals surface area contributed by atoms with Gasteiger partial charge in [0.15, 0.2) is 6.61 Å². The topological polar surface area (TPSA) is 55.4 Å². The van der Waals surface area contributed by atoms with Crippen LogP contribution in [0.25, 0.3) is 6.08 Å². The van der Waals surface area contributed by atoms with Gasteiger partial charge in [-0.3, -0.25) is 4.79 Å². The van der Waals surface area contributed by atoms with E-state index in [1.165, 1.54) is 17.4 Å². The van der Waals surface area contributed by atoms with Gasteiger partial charge in [0.1, 0.15) is 0 Å². The van der Waals surface area contributed by atoms with Crippen molar-refractivity contribution in [2.45, 2.75) is 6.54 Å². The summed E-state index contributed by atoms with van der Waals surface area (Å²) in [4.78, 5) is 23.1. The van der Waals surface area contributed by atoms with Crippen LogP contribution in [0, 0.1) is 0 Å². The molecule has 1 aromatic heterocycles. The number of rotatable bonds is 6. The first-order valence-corrected chi connectivity index (χ1v) is 7.84. The number of benzene rings is 1. The SMILES string of the molecule is O=C(COC(=O)/C=C/c1ccsc1)NCc1cccc(Cl)c1. The summed E-state index contributed by atoms with van der Waals surface area (Å²) in [6.45, 7) is 0.0229. The van der Waals surface area contributed by atoms with E-state index in [4.69, 9.17) is 16.3 Å². The Hall–Kier alpha value is -2.11. The third-order valence-electron chi connectivity index (χ3n) is 2.68. The number of esters is 1. The molecule has 22 heavy (non-hydrogen) atoms. The summed E-state index contributed by atoms with van der Waals surface area (Å²) in [5, 5.41) is 7.08. The molecule has 0 bridgehead atoms. The molecule has 1 amide bonds. The number of carbonyl (C=O) groups is 2. The maximum absolute atomic E-state index is 11.6. The van der Waals surface area contributed by atoms with E-state index in [0.29, 0.717) is 11.6 Å². The summed E-state index contributed by atoms with van der Waals surface area (Å²) < 4.78 is 4.85. The molecule has 2 rings (SSSR count). The molecular weight excluding hydrogens is 322 g/mol. The number of hydrogen-bond donors (Lipinski definition) is 1. The highest BCUT2D eigenvalue weighted by Crippen LogP contribution is 2.10. The normalized spacial score (nSPS) is 10.6. The van der Waals surface area contributed by atoms with E-state index in [9.17, 15) is 9.59 Å². The maximum Gasteiger partial charge on any atom is 0.331 e. The Morgan fingerprint density at radius 1 is 1.32 bits per heavy atom. The molecule has 0 saturated carbocycles. The number of thiophene rings is 1. The summed E-state index contributed by atoms with van der Waals surface area (Å²) in [6, 6.07) is 9.05. The van der Waals surface area contributed by atoms with E-state index < -0.39 is 5.97 Å². The largest absolute Gasteiger partial charge is 0.452 e. The summed E-state index contributed by atoms with van der Waals surface area (Å²) in [5.74, 6) is -0.915. The molecular formula is C16H14ClNO3S. The van der Waals surface area contributed by atoms with Crippen molar-refractivity contribution in [3.05, 3.63) is 63.3 Å². The minimum atomic E-state index is -0.552. The smallest absolute Gasteiger partial charge is 0.331 e. The first-order chi connectivity index (χ1) is 10.6. The standard InChI is InChI=1S/C16H14ClNO3S/c17-14-3-1-2-13(8-14)9-18-15(19)10-21-16(20)5-4-12-6-7-22-11-12/h1-8,11H,9-10H2,(H,18,19)/b5-4+. The van der Waals surface area contributed by atoms with Crippen molar-refractivity contribution >= 4 is 40.9 Å². The number of nitrogens with one attached hydrogen (secondary N) is 1. The molecule has 0 unspecified atom stereocenters. The second kappa shape index (κ2) is 8.36. The Morgan fingerprint density at radius 2 is 2.18 bits per heavy atom. The van der Waals surface area contributed by atoms with Crippen LogP contribution >= 0.6 is 22.9 Å². The van der Waals surface area contributed by atoms with Crippen molar-refractivity contribution in [3.8, 4) is 0 Å². The van der Waals surface area contributed by atoms with Crippen LogP contribution in [0.1, 0.15) is 11.1 Å². The number of halogens is 1. The minimum Gasteiger partial charge on any atom is -0.452 e. The molecule has 1 heterocycles. The van der Waals surface area contributed by atoms with Gasteiger partial charge in [-0.15, -0.1) is 0 Å². The highest BCUT2D eigenvalue weighted by atomic mass is 35.5. The molecule has 0 saturated heterocycles. The third-order valence-corrected chi connectivity index (χ3v) is 3.62. The number of amides is 1. The molecule has 0 radical (unpaired) electrons. The molecule has 2 aromatic rings. The molecule has 0 aliphatic rings. The second-order valence-electron chi connectivity index (χ2n) is 4.40. The average Bonchev–Trinajstić information content (AvgIpc) is 3.02. The zero-order chi connectivity index (χ0) is 15.8. The second-order valence-corrected chi connectivity index (χ2v) is 5.62. The van der Waals surface area contributed by atoms with E-state index in [2.05, 4.69) is 5.32 Å². The first-order valence-electron chi connectivity index (χ1n) is 6.51. The fourth-order valence-electron chi connectivity index (χ4n) is 1.62. The van der Waals surface area contributed by atoms with Gasteiger partial charge in [0, 0.05) is 17.6 Å². The third kappa shape index (κ3) is 5.71. The molecule has 0 spiro atoms. The van der Waals surface area contributed by atoms with Crippen LogP contribution in [0.5, 0.6) is 0 Å². The summed E-state index contributed by atoms with van der Waals surface area (Å²) in [5.41, 5.74) is 1.80. The van der Waals surface area contributed by atoms with Crippen molar-refractivity contribution in [2.75, 3.05) is 6.61 Å². The first kappa shape index (κ1) is 16.3. The van der Waals surface area contributed by atoms with Gasteiger partial charge < -0.3 is 10.1 Å². The van der Waals surface area contributed by atoms with Gasteiger partial charge in [0.2, 0.25) is 0 Å². The van der Waals surface area contributed by atoms with Gasteiger partial charge >= 0.3 is 5.97 Å². The molecule has 1 aromatic carbocycles. The predicted molar refractivity (Wildman–Crippen MR) is 87.6 cm³/mol. The molecule has 114 valence electrons. The summed E-state index contributed by atoms with van der Waals surface area (Å²) in [6.07, 6.45) is 2.94. The van der Waals surface area contributed by atoms with E-state index in [1.54, 1.807) is 24.3 Å². The summed E-state index contributed by atoms with van der Waals surface area (Å²) in [7, 11) is 0. The zero-order valence-corrected chi connectivity index (χ0v) is 13.2. The lowest BCUT2D eigenvalue weighted by molar-refractivity contribution is -0.143. The lowest BCUT2D eigenvalue weighted by Gasteiger charge is -2.05. The van der Waals surface area contributed by atoms with E-state index in [0.717, 1.165) is 11.1 Å². The van der Waals surface area contributed by atoms with Crippen LogP contribution in [0.2, 0.25) is 5.02 Å². The fourth-order valence-corrected chi connectivity index (χ4v) is 2.46. The van der Waals surface area contributed by atoms with Crippen molar-refractivity contribution < 1.29 is 14.3 Å². The molecule has 0 aliphatic carbocycles. The van der Waals surface area contributed by atoms with Crippen LogP contribution in [-0.4, -0.2) is 18.5 Å². The molecule has 4 nitrogen and oxygen atoms in total. The predicted octanol–water partition coefficient (Wildman–Crippen LogP) is 3.27. The van der Waals surface area contributed by atoms with Crippen molar-refractivity contribution in [3.63, 3.8) is 0 Å². The number of hydrogen-bond acceptors (Lipinski definition) is 4. The quantitative estimate of drug-likeness (QED) is 0.651. The van der Waals surface area contributed by atoms with Crippen LogP contribution in [0.15, 0.2) is 47.2 Å².